The number of amides is 1. The van der Waals surface area contributed by atoms with Crippen LogP contribution in [0.3, 0.4) is 0 Å². The third-order valence-corrected chi connectivity index (χ3v) is 3.15. The molecular weight excluding hydrogens is 312 g/mol. The molecule has 0 radical (unpaired) electrons. The number of pyridine rings is 1. The molecule has 0 unspecified atom stereocenters. The molecule has 0 aliphatic heterocycles. The Labute approximate surface area is 139 Å². The Bertz CT molecular complexity index is 682. The molecule has 2 aromatic heterocycles. The Morgan fingerprint density at radius 2 is 2.08 bits per heavy atom. The number of hydrogen-bond donors (Lipinski definition) is 1. The first kappa shape index (κ1) is 17.6. The largest absolute Gasteiger partial charge is 0.462 e. The van der Waals surface area contributed by atoms with Crippen LogP contribution in [0.15, 0.2) is 30.7 Å². The lowest BCUT2D eigenvalue weighted by atomic mass is 10.2. The van der Waals surface area contributed by atoms with Gasteiger partial charge >= 0.3 is 5.97 Å². The maximum Gasteiger partial charge on any atom is 0.341 e. The molecule has 0 aromatic carbocycles. The van der Waals surface area contributed by atoms with Gasteiger partial charge < -0.3 is 14.8 Å². The average Bonchev–Trinajstić information content (AvgIpc) is 3.09. The molecule has 0 fully saturated rings. The third kappa shape index (κ3) is 4.63. The van der Waals surface area contributed by atoms with Crippen LogP contribution in [0.5, 0.6) is 0 Å². The third-order valence-electron chi connectivity index (χ3n) is 3.15. The first-order valence-corrected chi connectivity index (χ1v) is 7.61. The van der Waals surface area contributed by atoms with E-state index >= 15 is 0 Å². The Morgan fingerprint density at radius 3 is 2.75 bits per heavy atom. The van der Waals surface area contributed by atoms with Gasteiger partial charge in [-0.25, -0.2) is 14.5 Å². The fraction of sp³-hybridized carbons (Fsp3) is 0.375. The predicted molar refractivity (Wildman–Crippen MR) is 86.1 cm³/mol. The molecule has 0 saturated heterocycles. The van der Waals surface area contributed by atoms with Crippen molar-refractivity contribution in [2.45, 2.75) is 13.3 Å². The Balaban J connectivity index is 1.99. The van der Waals surface area contributed by atoms with Crippen LogP contribution < -0.4 is 5.32 Å². The fourth-order valence-corrected chi connectivity index (χ4v) is 1.94. The number of ether oxygens (including phenoxy) is 2. The van der Waals surface area contributed by atoms with Crippen LogP contribution in [-0.2, 0) is 9.47 Å². The van der Waals surface area contributed by atoms with Crippen LogP contribution in [-0.4, -0.2) is 53.5 Å². The summed E-state index contributed by atoms with van der Waals surface area (Å²) in [5.74, 6) is -0.130. The molecule has 0 spiro atoms. The van der Waals surface area contributed by atoms with Gasteiger partial charge in [0.2, 0.25) is 0 Å². The highest BCUT2D eigenvalue weighted by Gasteiger charge is 2.11. The maximum absolute atomic E-state index is 11.9. The van der Waals surface area contributed by atoms with Gasteiger partial charge in [-0.3, -0.25) is 4.79 Å². The van der Waals surface area contributed by atoms with Crippen LogP contribution in [0.4, 0.5) is 0 Å². The van der Waals surface area contributed by atoms with E-state index < -0.39 is 5.97 Å². The smallest absolute Gasteiger partial charge is 0.341 e. The Morgan fingerprint density at radius 1 is 1.25 bits per heavy atom. The van der Waals surface area contributed by atoms with Gasteiger partial charge in [-0.05, 0) is 25.5 Å². The number of carbonyl (C=O) groups excluding carboxylic acids is 2. The van der Waals surface area contributed by atoms with Gasteiger partial charge in [-0.15, -0.1) is 0 Å². The van der Waals surface area contributed by atoms with Crippen molar-refractivity contribution in [3.05, 3.63) is 41.9 Å². The summed E-state index contributed by atoms with van der Waals surface area (Å²) in [6.45, 7) is 3.18. The number of nitrogens with zero attached hydrogens (tertiary/aromatic N) is 3. The van der Waals surface area contributed by atoms with Crippen LogP contribution in [0.2, 0.25) is 0 Å². The number of nitrogens with one attached hydrogen (secondary N) is 1. The molecule has 128 valence electrons. The van der Waals surface area contributed by atoms with Crippen molar-refractivity contribution in [2.75, 3.05) is 26.9 Å². The summed E-state index contributed by atoms with van der Waals surface area (Å²) in [6.07, 6.45) is 5.16. The van der Waals surface area contributed by atoms with Crippen molar-refractivity contribution in [3.63, 3.8) is 0 Å². The minimum atomic E-state index is -0.434. The van der Waals surface area contributed by atoms with E-state index in [2.05, 4.69) is 15.4 Å². The molecule has 2 aromatic rings. The van der Waals surface area contributed by atoms with Crippen molar-refractivity contribution in [2.24, 2.45) is 0 Å². The zero-order valence-electron chi connectivity index (χ0n) is 13.7. The zero-order valence-corrected chi connectivity index (χ0v) is 13.7. The van der Waals surface area contributed by atoms with Crippen molar-refractivity contribution in [1.29, 1.82) is 0 Å². The summed E-state index contributed by atoms with van der Waals surface area (Å²) in [5, 5.41) is 6.86. The predicted octanol–water partition coefficient (Wildman–Crippen LogP) is 1.21. The van der Waals surface area contributed by atoms with Gasteiger partial charge in [0, 0.05) is 32.7 Å². The lowest BCUT2D eigenvalue weighted by molar-refractivity contribution is 0.0526. The Kier molecular flexibility index (Phi) is 6.44. The molecule has 2 rings (SSSR count). The molecule has 0 aliphatic rings. The van der Waals surface area contributed by atoms with Crippen LogP contribution in [0.1, 0.15) is 34.1 Å². The van der Waals surface area contributed by atoms with E-state index in [4.69, 9.17) is 9.47 Å². The molecule has 1 N–H and O–H groups in total. The van der Waals surface area contributed by atoms with Crippen molar-refractivity contribution in [3.8, 4) is 5.82 Å². The minimum absolute atomic E-state index is 0.196. The van der Waals surface area contributed by atoms with E-state index in [0.717, 1.165) is 6.42 Å². The first-order chi connectivity index (χ1) is 11.7. The lowest BCUT2D eigenvalue weighted by Crippen LogP contribution is -2.25. The summed E-state index contributed by atoms with van der Waals surface area (Å²) in [4.78, 5) is 27.8. The highest BCUT2D eigenvalue weighted by Crippen LogP contribution is 2.08. The number of esters is 1. The summed E-state index contributed by atoms with van der Waals surface area (Å²) in [6, 6.07) is 3.31. The van der Waals surface area contributed by atoms with Gasteiger partial charge in [-0.2, -0.15) is 5.10 Å². The Hall–Kier alpha value is -2.74. The second-order valence-electron chi connectivity index (χ2n) is 4.90. The fourth-order valence-electron chi connectivity index (χ4n) is 1.94. The highest BCUT2D eigenvalue weighted by molar-refractivity contribution is 5.93. The molecule has 0 aliphatic carbocycles. The number of carbonyl (C=O) groups is 2. The van der Waals surface area contributed by atoms with E-state index in [0.29, 0.717) is 36.7 Å². The van der Waals surface area contributed by atoms with Crippen LogP contribution in [0.25, 0.3) is 5.82 Å². The molecule has 0 atom stereocenters. The average molecular weight is 332 g/mol. The van der Waals surface area contributed by atoms with Crippen molar-refractivity contribution in [1.82, 2.24) is 20.1 Å². The number of hydrogen-bond acceptors (Lipinski definition) is 6. The van der Waals surface area contributed by atoms with E-state index in [-0.39, 0.29) is 5.91 Å². The molecule has 8 nitrogen and oxygen atoms in total. The van der Waals surface area contributed by atoms with Crippen LogP contribution in [0, 0.1) is 0 Å². The second kappa shape index (κ2) is 8.78. The second-order valence-corrected chi connectivity index (χ2v) is 4.90. The SMILES string of the molecule is CCOC(=O)c1cnn(-c2ccc(C(=O)NCCCOC)cn2)c1. The summed E-state index contributed by atoms with van der Waals surface area (Å²) >= 11 is 0. The molecule has 0 bridgehead atoms. The zero-order chi connectivity index (χ0) is 17.4. The molecule has 1 amide bonds. The van der Waals surface area contributed by atoms with Gasteiger partial charge in [0.25, 0.3) is 5.91 Å². The lowest BCUT2D eigenvalue weighted by Gasteiger charge is -2.05. The molecule has 2 heterocycles. The maximum atomic E-state index is 11.9. The minimum Gasteiger partial charge on any atom is -0.462 e. The van der Waals surface area contributed by atoms with Gasteiger partial charge in [0.1, 0.15) is 0 Å². The van der Waals surface area contributed by atoms with E-state index in [9.17, 15) is 9.59 Å². The normalized spacial score (nSPS) is 10.4. The van der Waals surface area contributed by atoms with E-state index in [1.165, 1.54) is 23.3 Å². The quantitative estimate of drug-likeness (QED) is 0.577. The number of methoxy groups -OCH3 is 1. The molecule has 8 heteroatoms. The van der Waals surface area contributed by atoms with Crippen molar-refractivity contribution >= 4 is 11.9 Å². The van der Waals surface area contributed by atoms with Gasteiger partial charge in [-0.1, -0.05) is 0 Å². The number of aromatic nitrogens is 3. The van der Waals surface area contributed by atoms with Gasteiger partial charge in [0.05, 0.1) is 23.9 Å². The summed E-state index contributed by atoms with van der Waals surface area (Å²) in [5.41, 5.74) is 0.799. The van der Waals surface area contributed by atoms with Crippen LogP contribution >= 0.6 is 0 Å². The van der Waals surface area contributed by atoms with Gasteiger partial charge in [0.15, 0.2) is 5.82 Å². The topological polar surface area (TPSA) is 95.3 Å². The van der Waals surface area contributed by atoms with E-state index in [1.807, 2.05) is 0 Å². The first-order valence-electron chi connectivity index (χ1n) is 7.61. The highest BCUT2D eigenvalue weighted by atomic mass is 16.5. The summed E-state index contributed by atoms with van der Waals surface area (Å²) in [7, 11) is 1.62. The van der Waals surface area contributed by atoms with E-state index in [1.54, 1.807) is 26.2 Å². The van der Waals surface area contributed by atoms with Crippen molar-refractivity contribution < 1.29 is 19.1 Å². The molecule has 24 heavy (non-hydrogen) atoms. The molecule has 0 saturated carbocycles. The monoisotopic (exact) mass is 332 g/mol. The number of rotatable bonds is 8. The standard InChI is InChI=1S/C16H20N4O4/c1-3-24-16(22)13-10-19-20(11-13)14-6-5-12(9-18-14)15(21)17-7-4-8-23-2/h5-6,9-11H,3-4,7-8H2,1-2H3,(H,17,21). The molecular formula is C16H20N4O4. The summed E-state index contributed by atoms with van der Waals surface area (Å²) < 4.78 is 11.3.